The van der Waals surface area contributed by atoms with Crippen molar-refractivity contribution in [1.29, 1.82) is 0 Å². The molecule has 2 amide bonds. The highest BCUT2D eigenvalue weighted by atomic mass is 79.9. The van der Waals surface area contributed by atoms with Crippen molar-refractivity contribution < 1.29 is 14.3 Å². The number of ether oxygens (including phenoxy) is 1. The number of rotatable bonds is 4. The number of carbonyl (C=O) groups is 2. The molecule has 0 heterocycles. The molecule has 0 aliphatic heterocycles. The Bertz CT molecular complexity index is 1090. The number of hydrazine groups is 1. The van der Waals surface area contributed by atoms with Crippen LogP contribution in [0.25, 0.3) is 10.8 Å². The number of hydrogen-bond acceptors (Lipinski definition) is 4. The Morgan fingerprint density at radius 3 is 2.62 bits per heavy atom. The zero-order valence-corrected chi connectivity index (χ0v) is 18.0. The van der Waals surface area contributed by atoms with Crippen LogP contribution in [0.4, 0.5) is 0 Å². The van der Waals surface area contributed by atoms with Gasteiger partial charge in [-0.3, -0.25) is 25.8 Å². The number of amides is 2. The fourth-order valence-corrected chi connectivity index (χ4v) is 3.44. The van der Waals surface area contributed by atoms with Crippen LogP contribution < -0.4 is 20.9 Å². The standard InChI is InChI=1S/C20H15BrClN3O3S/c21-18-15-7-2-1-4-12(15)8-9-16(18)28-11-17(26)23-20(29)25-24-19(27)13-5-3-6-14(22)10-13/h1-10H,11H2,(H,24,27)(H2,23,25,26,29). The topological polar surface area (TPSA) is 79.5 Å². The van der Waals surface area contributed by atoms with Crippen molar-refractivity contribution in [1.82, 2.24) is 16.2 Å². The second-order valence-electron chi connectivity index (χ2n) is 5.85. The lowest BCUT2D eigenvalue weighted by Crippen LogP contribution is -2.49. The average molecular weight is 493 g/mol. The van der Waals surface area contributed by atoms with Gasteiger partial charge in [-0.15, -0.1) is 0 Å². The third-order valence-electron chi connectivity index (χ3n) is 3.82. The van der Waals surface area contributed by atoms with E-state index >= 15 is 0 Å². The molecule has 0 radical (unpaired) electrons. The van der Waals surface area contributed by atoms with Gasteiger partial charge in [0, 0.05) is 10.6 Å². The van der Waals surface area contributed by atoms with E-state index < -0.39 is 11.8 Å². The van der Waals surface area contributed by atoms with E-state index in [0.717, 1.165) is 15.2 Å². The Balaban J connectivity index is 1.48. The Hall–Kier alpha value is -2.68. The van der Waals surface area contributed by atoms with Crippen LogP contribution in [0.15, 0.2) is 65.1 Å². The minimum atomic E-state index is -0.473. The van der Waals surface area contributed by atoms with Crippen LogP contribution in [-0.2, 0) is 4.79 Å². The number of halogens is 2. The molecule has 0 fully saturated rings. The quantitative estimate of drug-likeness (QED) is 0.379. The van der Waals surface area contributed by atoms with E-state index in [1.807, 2.05) is 30.3 Å². The van der Waals surface area contributed by atoms with Crippen molar-refractivity contribution in [3.8, 4) is 5.75 Å². The second kappa shape index (κ2) is 9.69. The van der Waals surface area contributed by atoms with Gasteiger partial charge >= 0.3 is 0 Å². The number of benzene rings is 3. The lowest BCUT2D eigenvalue weighted by atomic mass is 10.1. The van der Waals surface area contributed by atoms with Crippen molar-refractivity contribution in [2.75, 3.05) is 6.61 Å². The summed E-state index contributed by atoms with van der Waals surface area (Å²) in [6.45, 7) is -0.249. The zero-order chi connectivity index (χ0) is 20.8. The third-order valence-corrected chi connectivity index (χ3v) is 5.07. The summed E-state index contributed by atoms with van der Waals surface area (Å²) in [6, 6.07) is 17.9. The van der Waals surface area contributed by atoms with Crippen molar-refractivity contribution >= 4 is 67.4 Å². The maximum absolute atomic E-state index is 12.1. The van der Waals surface area contributed by atoms with E-state index in [-0.39, 0.29) is 11.7 Å². The van der Waals surface area contributed by atoms with E-state index in [0.29, 0.717) is 16.3 Å². The normalized spacial score (nSPS) is 10.3. The molecule has 0 bridgehead atoms. The van der Waals surface area contributed by atoms with E-state index in [9.17, 15) is 9.59 Å². The first-order chi connectivity index (χ1) is 13.9. The summed E-state index contributed by atoms with van der Waals surface area (Å²) in [5, 5.41) is 4.83. The van der Waals surface area contributed by atoms with Crippen LogP contribution in [-0.4, -0.2) is 23.5 Å². The summed E-state index contributed by atoms with van der Waals surface area (Å²) in [5.74, 6) is -0.382. The molecule has 0 saturated carbocycles. The molecule has 0 atom stereocenters. The van der Waals surface area contributed by atoms with Crippen LogP contribution in [0.1, 0.15) is 10.4 Å². The van der Waals surface area contributed by atoms with E-state index in [4.69, 9.17) is 28.6 Å². The maximum Gasteiger partial charge on any atom is 0.269 e. The molecule has 29 heavy (non-hydrogen) atoms. The van der Waals surface area contributed by atoms with Gasteiger partial charge in [-0.1, -0.05) is 48.0 Å². The predicted octanol–water partition coefficient (Wildman–Crippen LogP) is 3.97. The fourth-order valence-electron chi connectivity index (χ4n) is 2.48. The molecule has 6 nitrogen and oxygen atoms in total. The van der Waals surface area contributed by atoms with Crippen molar-refractivity contribution in [3.63, 3.8) is 0 Å². The summed E-state index contributed by atoms with van der Waals surface area (Å²) in [4.78, 5) is 24.1. The molecular formula is C20H15BrClN3O3S. The molecule has 3 rings (SSSR count). The number of thiocarbonyl (C=S) groups is 1. The fraction of sp³-hybridized carbons (Fsp3) is 0.0500. The van der Waals surface area contributed by atoms with E-state index in [1.54, 1.807) is 24.3 Å². The lowest BCUT2D eigenvalue weighted by Gasteiger charge is -2.12. The van der Waals surface area contributed by atoms with E-state index in [2.05, 4.69) is 32.1 Å². The van der Waals surface area contributed by atoms with Gasteiger partial charge in [0.05, 0.1) is 4.47 Å². The summed E-state index contributed by atoms with van der Waals surface area (Å²) in [7, 11) is 0. The summed E-state index contributed by atoms with van der Waals surface area (Å²) < 4.78 is 6.33. The van der Waals surface area contributed by atoms with Crippen LogP contribution in [0, 0.1) is 0 Å². The zero-order valence-electron chi connectivity index (χ0n) is 14.9. The number of hydrogen-bond donors (Lipinski definition) is 3. The summed E-state index contributed by atoms with van der Waals surface area (Å²) in [5.41, 5.74) is 5.19. The van der Waals surface area contributed by atoms with E-state index in [1.165, 1.54) is 6.07 Å². The van der Waals surface area contributed by atoms with Gasteiger partial charge in [0.2, 0.25) is 0 Å². The van der Waals surface area contributed by atoms with Gasteiger partial charge in [-0.25, -0.2) is 0 Å². The van der Waals surface area contributed by atoms with Crippen LogP contribution in [0.5, 0.6) is 5.75 Å². The third kappa shape index (κ3) is 5.66. The van der Waals surface area contributed by atoms with Crippen molar-refractivity contribution in [2.24, 2.45) is 0 Å². The molecule has 0 saturated heterocycles. The summed E-state index contributed by atoms with van der Waals surface area (Å²) >= 11 is 14.3. The Kier molecular flexibility index (Phi) is 7.03. The molecule has 3 aromatic carbocycles. The molecule has 0 aromatic heterocycles. The minimum absolute atomic E-state index is 0.0634. The second-order valence-corrected chi connectivity index (χ2v) is 7.49. The first-order valence-electron chi connectivity index (χ1n) is 8.40. The number of fused-ring (bicyclic) bond motifs is 1. The van der Waals surface area contributed by atoms with Crippen molar-refractivity contribution in [3.05, 3.63) is 75.7 Å². The molecule has 148 valence electrons. The van der Waals surface area contributed by atoms with Gasteiger partial charge in [-0.05, 0) is 63.2 Å². The number of carbonyl (C=O) groups excluding carboxylic acids is 2. The molecule has 0 spiro atoms. The monoisotopic (exact) mass is 491 g/mol. The van der Waals surface area contributed by atoms with Crippen LogP contribution in [0.3, 0.4) is 0 Å². The minimum Gasteiger partial charge on any atom is -0.483 e. The molecule has 3 aromatic rings. The summed E-state index contributed by atoms with van der Waals surface area (Å²) in [6.07, 6.45) is 0. The van der Waals surface area contributed by atoms with Gasteiger partial charge in [0.15, 0.2) is 11.7 Å². The number of nitrogens with one attached hydrogen (secondary N) is 3. The Labute approximate surface area is 185 Å². The molecule has 9 heteroatoms. The predicted molar refractivity (Wildman–Crippen MR) is 120 cm³/mol. The highest BCUT2D eigenvalue weighted by Gasteiger charge is 2.11. The van der Waals surface area contributed by atoms with Crippen molar-refractivity contribution in [2.45, 2.75) is 0 Å². The first kappa shape index (κ1) is 21.0. The van der Waals surface area contributed by atoms with Gasteiger partial charge in [0.1, 0.15) is 5.75 Å². The average Bonchev–Trinajstić information content (AvgIpc) is 2.71. The highest BCUT2D eigenvalue weighted by molar-refractivity contribution is 9.10. The Morgan fingerprint density at radius 2 is 1.83 bits per heavy atom. The first-order valence-corrected chi connectivity index (χ1v) is 9.98. The Morgan fingerprint density at radius 1 is 1.03 bits per heavy atom. The van der Waals surface area contributed by atoms with Crippen LogP contribution in [0.2, 0.25) is 5.02 Å². The molecule has 0 aliphatic carbocycles. The maximum atomic E-state index is 12.1. The highest BCUT2D eigenvalue weighted by Crippen LogP contribution is 2.32. The molecular weight excluding hydrogens is 478 g/mol. The van der Waals surface area contributed by atoms with Crippen LogP contribution >= 0.6 is 39.7 Å². The largest absolute Gasteiger partial charge is 0.483 e. The SMILES string of the molecule is O=C(COc1ccc2ccccc2c1Br)NC(=S)NNC(=O)c1cccc(Cl)c1. The van der Waals surface area contributed by atoms with Gasteiger partial charge in [-0.2, -0.15) is 0 Å². The molecule has 0 unspecified atom stereocenters. The molecule has 0 aliphatic rings. The smallest absolute Gasteiger partial charge is 0.269 e. The molecule has 3 N–H and O–H groups in total. The van der Waals surface area contributed by atoms with Gasteiger partial charge in [0.25, 0.3) is 11.8 Å². The lowest BCUT2D eigenvalue weighted by molar-refractivity contribution is -0.121. The van der Waals surface area contributed by atoms with Gasteiger partial charge < -0.3 is 4.74 Å².